The Morgan fingerprint density at radius 3 is 2.40 bits per heavy atom. The van der Waals surface area contributed by atoms with Gasteiger partial charge in [0.25, 0.3) is 0 Å². The summed E-state index contributed by atoms with van der Waals surface area (Å²) in [6, 6.07) is 24.7. The molecular formula is C28H30N6S. The van der Waals surface area contributed by atoms with Crippen molar-refractivity contribution in [3.05, 3.63) is 108 Å². The summed E-state index contributed by atoms with van der Waals surface area (Å²) in [5.41, 5.74) is 5.70. The Morgan fingerprint density at radius 2 is 1.69 bits per heavy atom. The lowest BCUT2D eigenvalue weighted by Crippen LogP contribution is -2.31. The van der Waals surface area contributed by atoms with E-state index in [9.17, 15) is 0 Å². The molecule has 1 saturated heterocycles. The lowest BCUT2D eigenvalue weighted by Gasteiger charge is -2.28. The predicted octanol–water partition coefficient (Wildman–Crippen LogP) is 5.36. The number of rotatable bonds is 8. The molecule has 5 rings (SSSR count). The summed E-state index contributed by atoms with van der Waals surface area (Å²) < 4.78 is 2.22. The van der Waals surface area contributed by atoms with Crippen molar-refractivity contribution in [1.82, 2.24) is 24.8 Å². The van der Waals surface area contributed by atoms with Crippen molar-refractivity contribution >= 4 is 23.0 Å². The largest absolute Gasteiger partial charge is 0.385 e. The van der Waals surface area contributed by atoms with E-state index in [0.29, 0.717) is 0 Å². The number of para-hydroxylation sites is 1. The number of hydrogen-bond donors (Lipinski definition) is 2. The van der Waals surface area contributed by atoms with Crippen LogP contribution in [0, 0.1) is 13.8 Å². The highest BCUT2D eigenvalue weighted by atomic mass is 32.1. The Kier molecular flexibility index (Phi) is 6.77. The van der Waals surface area contributed by atoms with Crippen LogP contribution in [0.15, 0.2) is 85.2 Å². The van der Waals surface area contributed by atoms with Crippen molar-refractivity contribution in [3.63, 3.8) is 0 Å². The number of pyridine rings is 2. The second-order valence-electron chi connectivity index (χ2n) is 8.82. The van der Waals surface area contributed by atoms with Gasteiger partial charge in [0.05, 0.1) is 17.8 Å². The first-order valence-corrected chi connectivity index (χ1v) is 12.4. The van der Waals surface area contributed by atoms with Crippen molar-refractivity contribution < 1.29 is 0 Å². The summed E-state index contributed by atoms with van der Waals surface area (Å²) in [7, 11) is 0. The molecule has 4 aromatic rings. The minimum absolute atomic E-state index is 0.0246. The first-order chi connectivity index (χ1) is 17.1. The summed E-state index contributed by atoms with van der Waals surface area (Å²) in [5.74, 6) is 0.926. The Morgan fingerprint density at radius 1 is 0.943 bits per heavy atom. The van der Waals surface area contributed by atoms with Gasteiger partial charge in [0.15, 0.2) is 5.11 Å². The van der Waals surface area contributed by atoms with Gasteiger partial charge in [0.1, 0.15) is 5.82 Å². The minimum atomic E-state index is -0.0246. The normalized spacial score (nSPS) is 17.4. The van der Waals surface area contributed by atoms with Crippen LogP contribution in [0.5, 0.6) is 0 Å². The van der Waals surface area contributed by atoms with Gasteiger partial charge >= 0.3 is 0 Å². The Labute approximate surface area is 212 Å². The molecule has 4 heterocycles. The summed E-state index contributed by atoms with van der Waals surface area (Å²) in [6.07, 6.45) is 4.64. The lowest BCUT2D eigenvalue weighted by atomic mass is 9.96. The van der Waals surface area contributed by atoms with Gasteiger partial charge in [0, 0.05) is 42.6 Å². The first kappa shape index (κ1) is 23.1. The summed E-state index contributed by atoms with van der Waals surface area (Å²) in [5, 5.41) is 7.86. The number of anilines is 1. The molecule has 1 aliphatic heterocycles. The fourth-order valence-electron chi connectivity index (χ4n) is 4.95. The third kappa shape index (κ3) is 4.77. The average molecular weight is 483 g/mol. The van der Waals surface area contributed by atoms with Gasteiger partial charge in [-0.15, -0.1) is 0 Å². The number of aromatic nitrogens is 3. The Balaban J connectivity index is 1.45. The maximum absolute atomic E-state index is 5.86. The van der Waals surface area contributed by atoms with Crippen molar-refractivity contribution in [2.45, 2.75) is 32.4 Å². The number of benzene rings is 1. The van der Waals surface area contributed by atoms with Crippen LogP contribution >= 0.6 is 12.2 Å². The molecule has 1 aromatic carbocycles. The molecule has 0 unspecified atom stereocenters. The molecule has 1 fully saturated rings. The first-order valence-electron chi connectivity index (χ1n) is 12.0. The third-order valence-electron chi connectivity index (χ3n) is 6.54. The standard InChI is InChI=1S/C28H30N6S/c1-20-19-23(21(2)34(20)25-14-7-9-16-31-25)27-26(24-13-6-8-15-30-24)32-28(35)33(27)18-10-17-29-22-11-4-3-5-12-22/h3-9,11-16,19,26-27,29H,10,17-18H2,1-2H3,(H,32,35)/t26-,27-/m0/s1. The lowest BCUT2D eigenvalue weighted by molar-refractivity contribution is 0.315. The second kappa shape index (κ2) is 10.3. The molecule has 0 bridgehead atoms. The average Bonchev–Trinajstić information content (AvgIpc) is 3.38. The van der Waals surface area contributed by atoms with E-state index in [0.717, 1.165) is 47.5 Å². The molecule has 0 spiro atoms. The van der Waals surface area contributed by atoms with Crippen molar-refractivity contribution in [2.24, 2.45) is 0 Å². The highest BCUT2D eigenvalue weighted by Crippen LogP contribution is 2.41. The van der Waals surface area contributed by atoms with Gasteiger partial charge in [-0.05, 0) is 80.5 Å². The minimum Gasteiger partial charge on any atom is -0.385 e. The number of nitrogens with one attached hydrogen (secondary N) is 2. The van der Waals surface area contributed by atoms with Crippen LogP contribution in [0.2, 0.25) is 0 Å². The van der Waals surface area contributed by atoms with Gasteiger partial charge in [-0.2, -0.15) is 0 Å². The number of thiocarbonyl (C=S) groups is 1. The van der Waals surface area contributed by atoms with Crippen LogP contribution in [0.4, 0.5) is 5.69 Å². The molecule has 1 aliphatic rings. The van der Waals surface area contributed by atoms with Crippen molar-refractivity contribution in [3.8, 4) is 5.82 Å². The van der Waals surface area contributed by atoms with E-state index in [1.54, 1.807) is 0 Å². The molecule has 2 N–H and O–H groups in total. The molecule has 0 amide bonds. The quantitative estimate of drug-likeness (QED) is 0.261. The van der Waals surface area contributed by atoms with Crippen LogP contribution in [0.3, 0.4) is 0 Å². The van der Waals surface area contributed by atoms with Crippen LogP contribution < -0.4 is 10.6 Å². The number of aryl methyl sites for hydroxylation is 1. The molecule has 0 radical (unpaired) electrons. The zero-order valence-corrected chi connectivity index (χ0v) is 20.9. The van der Waals surface area contributed by atoms with E-state index in [-0.39, 0.29) is 12.1 Å². The van der Waals surface area contributed by atoms with Crippen molar-refractivity contribution in [2.75, 3.05) is 18.4 Å². The predicted molar refractivity (Wildman–Crippen MR) is 145 cm³/mol. The van der Waals surface area contributed by atoms with E-state index in [2.05, 4.69) is 68.2 Å². The maximum Gasteiger partial charge on any atom is 0.170 e. The summed E-state index contributed by atoms with van der Waals surface area (Å²) in [6.45, 7) is 6.02. The molecular weight excluding hydrogens is 452 g/mol. The van der Waals surface area contributed by atoms with E-state index in [1.807, 2.05) is 60.9 Å². The fraction of sp³-hybridized carbons (Fsp3) is 0.250. The molecule has 35 heavy (non-hydrogen) atoms. The Hall–Kier alpha value is -3.71. The second-order valence-corrected chi connectivity index (χ2v) is 9.20. The highest BCUT2D eigenvalue weighted by Gasteiger charge is 2.41. The Bertz CT molecular complexity index is 1270. The van der Waals surface area contributed by atoms with Gasteiger partial charge < -0.3 is 20.1 Å². The van der Waals surface area contributed by atoms with Crippen LogP contribution in [-0.4, -0.2) is 37.6 Å². The van der Waals surface area contributed by atoms with Crippen LogP contribution in [-0.2, 0) is 0 Å². The van der Waals surface area contributed by atoms with E-state index >= 15 is 0 Å². The fourth-order valence-corrected chi connectivity index (χ4v) is 5.28. The molecule has 178 valence electrons. The van der Waals surface area contributed by atoms with E-state index in [4.69, 9.17) is 12.2 Å². The number of hydrogen-bond acceptors (Lipinski definition) is 4. The van der Waals surface area contributed by atoms with Gasteiger partial charge in [-0.25, -0.2) is 4.98 Å². The molecule has 0 aliphatic carbocycles. The zero-order valence-electron chi connectivity index (χ0n) is 20.1. The zero-order chi connectivity index (χ0) is 24.2. The topological polar surface area (TPSA) is 58.0 Å². The highest BCUT2D eigenvalue weighted by molar-refractivity contribution is 7.80. The molecule has 6 nitrogen and oxygen atoms in total. The monoisotopic (exact) mass is 482 g/mol. The van der Waals surface area contributed by atoms with E-state index < -0.39 is 0 Å². The smallest absolute Gasteiger partial charge is 0.170 e. The van der Waals surface area contributed by atoms with Crippen LogP contribution in [0.1, 0.15) is 41.1 Å². The van der Waals surface area contributed by atoms with Gasteiger partial charge in [0.2, 0.25) is 0 Å². The molecule has 0 saturated carbocycles. The third-order valence-corrected chi connectivity index (χ3v) is 6.90. The van der Waals surface area contributed by atoms with Gasteiger partial charge in [-0.1, -0.05) is 30.3 Å². The van der Waals surface area contributed by atoms with Crippen LogP contribution in [0.25, 0.3) is 5.82 Å². The molecule has 2 atom stereocenters. The van der Waals surface area contributed by atoms with Crippen molar-refractivity contribution in [1.29, 1.82) is 0 Å². The number of nitrogens with zero attached hydrogens (tertiary/aromatic N) is 4. The van der Waals surface area contributed by atoms with Gasteiger partial charge in [-0.3, -0.25) is 4.98 Å². The van der Waals surface area contributed by atoms with E-state index in [1.165, 1.54) is 11.3 Å². The SMILES string of the molecule is Cc1cc([C@H]2[C@H](c3ccccn3)NC(=S)N2CCCNc2ccccc2)c(C)n1-c1ccccn1. The molecule has 7 heteroatoms. The maximum atomic E-state index is 5.86. The summed E-state index contributed by atoms with van der Waals surface area (Å²) in [4.78, 5) is 11.6. The molecule has 3 aromatic heterocycles. The summed E-state index contributed by atoms with van der Waals surface area (Å²) >= 11 is 5.86.